The van der Waals surface area contributed by atoms with E-state index in [-0.39, 0.29) is 23.4 Å². The molecule has 1 atom stereocenters. The zero-order valence-corrected chi connectivity index (χ0v) is 15.6. The van der Waals surface area contributed by atoms with Crippen molar-refractivity contribution in [3.63, 3.8) is 0 Å². The maximum atomic E-state index is 14.2. The highest BCUT2D eigenvalue weighted by Gasteiger charge is 2.53. The van der Waals surface area contributed by atoms with E-state index in [1.165, 1.54) is 12.1 Å². The van der Waals surface area contributed by atoms with E-state index in [9.17, 15) is 26.0 Å². The van der Waals surface area contributed by atoms with Gasteiger partial charge in [-0.3, -0.25) is 0 Å². The second-order valence-electron chi connectivity index (χ2n) is 5.99. The summed E-state index contributed by atoms with van der Waals surface area (Å²) >= 11 is 11.6. The smallest absolute Gasteiger partial charge is 0.329 e. The normalized spacial score (nSPS) is 19.3. The maximum Gasteiger partial charge on any atom is 0.471 e. The fraction of sp³-hybridized carbons (Fsp3) is 0.429. The molecule has 1 unspecified atom stereocenters. The van der Waals surface area contributed by atoms with E-state index in [4.69, 9.17) is 23.2 Å². The summed E-state index contributed by atoms with van der Waals surface area (Å²) < 4.78 is 80.7. The molecule has 2 aromatic rings. The van der Waals surface area contributed by atoms with Crippen LogP contribution in [0.25, 0.3) is 11.4 Å². The van der Waals surface area contributed by atoms with E-state index in [1.54, 1.807) is 0 Å². The molecule has 148 valence electrons. The van der Waals surface area contributed by atoms with E-state index in [0.29, 0.717) is 6.42 Å². The first-order valence-electron chi connectivity index (χ1n) is 7.42. The number of aromatic nitrogens is 2. The minimum atomic E-state index is -4.81. The van der Waals surface area contributed by atoms with Gasteiger partial charge in [-0.15, -0.1) is 23.2 Å². The summed E-state index contributed by atoms with van der Waals surface area (Å²) in [5.41, 5.74) is -0.0638. The molecule has 1 aromatic carbocycles. The van der Waals surface area contributed by atoms with Crippen LogP contribution >= 0.6 is 23.2 Å². The highest BCUT2D eigenvalue weighted by atomic mass is 35.5. The molecular formula is C14H11Cl2F4N3O3S. The Labute approximate surface area is 160 Å². The summed E-state index contributed by atoms with van der Waals surface area (Å²) in [5, 5.41) is 3.15. The quantitative estimate of drug-likeness (QED) is 0.540. The fourth-order valence-corrected chi connectivity index (χ4v) is 4.38. The van der Waals surface area contributed by atoms with Crippen molar-refractivity contribution < 1.29 is 30.5 Å². The number of hydrogen-bond donors (Lipinski definition) is 1. The molecule has 1 aromatic heterocycles. The summed E-state index contributed by atoms with van der Waals surface area (Å²) in [5.74, 6) is -3.52. The van der Waals surface area contributed by atoms with Crippen molar-refractivity contribution in [1.82, 2.24) is 14.9 Å². The van der Waals surface area contributed by atoms with Gasteiger partial charge in [-0.05, 0) is 12.5 Å². The molecule has 1 saturated carbocycles. The molecule has 0 amide bonds. The lowest BCUT2D eigenvalue weighted by Gasteiger charge is -2.08. The van der Waals surface area contributed by atoms with Gasteiger partial charge in [0.1, 0.15) is 10.2 Å². The van der Waals surface area contributed by atoms with Gasteiger partial charge in [-0.2, -0.15) is 18.2 Å². The van der Waals surface area contributed by atoms with Crippen molar-refractivity contribution in [2.75, 3.05) is 5.75 Å². The Morgan fingerprint density at radius 1 is 1.33 bits per heavy atom. The van der Waals surface area contributed by atoms with Crippen LogP contribution in [-0.4, -0.2) is 28.6 Å². The Bertz CT molecular complexity index is 963. The molecule has 0 spiro atoms. The van der Waals surface area contributed by atoms with Gasteiger partial charge in [0.15, 0.2) is 0 Å². The van der Waals surface area contributed by atoms with E-state index in [2.05, 4.69) is 19.4 Å². The topological polar surface area (TPSA) is 85.1 Å². The number of rotatable bonds is 6. The molecule has 0 aliphatic heterocycles. The van der Waals surface area contributed by atoms with Crippen molar-refractivity contribution >= 4 is 33.2 Å². The van der Waals surface area contributed by atoms with Gasteiger partial charge in [-0.25, -0.2) is 17.5 Å². The van der Waals surface area contributed by atoms with Crippen molar-refractivity contribution in [3.8, 4) is 11.4 Å². The van der Waals surface area contributed by atoms with Gasteiger partial charge in [0, 0.05) is 23.6 Å². The largest absolute Gasteiger partial charge is 0.471 e. The fourth-order valence-electron chi connectivity index (χ4n) is 2.25. The summed E-state index contributed by atoms with van der Waals surface area (Å²) in [4.78, 5) is 3.16. The third-order valence-electron chi connectivity index (χ3n) is 3.84. The number of hydrogen-bond acceptors (Lipinski definition) is 5. The van der Waals surface area contributed by atoms with Crippen LogP contribution in [0.5, 0.6) is 0 Å². The zero-order chi connectivity index (χ0) is 20.0. The second-order valence-corrected chi connectivity index (χ2v) is 9.39. The van der Waals surface area contributed by atoms with Crippen molar-refractivity contribution in [1.29, 1.82) is 0 Å². The van der Waals surface area contributed by atoms with Crippen molar-refractivity contribution in [2.24, 2.45) is 5.92 Å². The lowest BCUT2D eigenvalue weighted by molar-refractivity contribution is -0.159. The Kier molecular flexibility index (Phi) is 5.17. The highest BCUT2D eigenvalue weighted by molar-refractivity contribution is 7.89. The van der Waals surface area contributed by atoms with Crippen LogP contribution in [0.2, 0.25) is 0 Å². The van der Waals surface area contributed by atoms with Gasteiger partial charge in [0.2, 0.25) is 15.8 Å². The monoisotopic (exact) mass is 447 g/mol. The zero-order valence-electron chi connectivity index (χ0n) is 13.2. The molecule has 3 rings (SSSR count). The number of benzene rings is 1. The van der Waals surface area contributed by atoms with E-state index >= 15 is 0 Å². The summed E-state index contributed by atoms with van der Waals surface area (Å²) in [6, 6.07) is 3.35. The Hall–Kier alpha value is -1.43. The summed E-state index contributed by atoms with van der Waals surface area (Å²) in [6.07, 6.45) is -4.46. The predicted molar refractivity (Wildman–Crippen MR) is 87.9 cm³/mol. The van der Waals surface area contributed by atoms with E-state index in [0.717, 1.165) is 6.07 Å². The molecule has 1 aliphatic carbocycles. The molecule has 0 radical (unpaired) electrons. The number of sulfonamides is 1. The lowest BCUT2D eigenvalue weighted by Crippen LogP contribution is -2.28. The molecule has 13 heteroatoms. The molecule has 0 bridgehead atoms. The van der Waals surface area contributed by atoms with Crippen molar-refractivity contribution in [2.45, 2.75) is 23.5 Å². The van der Waals surface area contributed by atoms with Gasteiger partial charge in [0.05, 0.1) is 5.75 Å². The average Bonchev–Trinajstić information content (AvgIpc) is 2.96. The van der Waals surface area contributed by atoms with E-state index in [1.807, 2.05) is 0 Å². The predicted octanol–water partition coefficient (Wildman–Crippen LogP) is 3.51. The first kappa shape index (κ1) is 20.3. The van der Waals surface area contributed by atoms with Crippen LogP contribution in [0.1, 0.15) is 17.9 Å². The molecule has 1 aliphatic rings. The first-order chi connectivity index (χ1) is 12.4. The maximum absolute atomic E-state index is 14.2. The standard InChI is InChI=1S/C14H11Cl2F4N3O3S/c15-13(16)4-9(13)6-27(24,25)21-5-8-2-1-7(3-10(8)17)11-22-12(26-23-11)14(18,19)20/h1-3,9,21H,4-6H2. The first-order valence-corrected chi connectivity index (χ1v) is 9.83. The van der Waals surface area contributed by atoms with Crippen LogP contribution in [0.4, 0.5) is 17.6 Å². The average molecular weight is 448 g/mol. The molecular weight excluding hydrogens is 437 g/mol. The molecule has 1 heterocycles. The van der Waals surface area contributed by atoms with Gasteiger partial charge in [-0.1, -0.05) is 17.3 Å². The molecule has 1 N–H and O–H groups in total. The highest BCUT2D eigenvalue weighted by Crippen LogP contribution is 2.53. The van der Waals surface area contributed by atoms with Crippen LogP contribution in [0.3, 0.4) is 0 Å². The van der Waals surface area contributed by atoms with Crippen LogP contribution in [0, 0.1) is 11.7 Å². The van der Waals surface area contributed by atoms with E-state index < -0.39 is 44.0 Å². The van der Waals surface area contributed by atoms with Crippen LogP contribution < -0.4 is 4.72 Å². The second kappa shape index (κ2) is 6.87. The SMILES string of the molecule is O=S(=O)(CC1CC1(Cl)Cl)NCc1ccc(-c2noc(C(F)(F)F)n2)cc1F. The van der Waals surface area contributed by atoms with Gasteiger partial charge < -0.3 is 4.52 Å². The lowest BCUT2D eigenvalue weighted by atomic mass is 10.1. The molecule has 0 saturated heterocycles. The van der Waals surface area contributed by atoms with Crippen LogP contribution in [-0.2, 0) is 22.7 Å². The molecule has 27 heavy (non-hydrogen) atoms. The Balaban J connectivity index is 1.67. The Morgan fingerprint density at radius 2 is 2.00 bits per heavy atom. The molecule has 1 fully saturated rings. The van der Waals surface area contributed by atoms with Gasteiger partial charge in [0.25, 0.3) is 0 Å². The van der Waals surface area contributed by atoms with Crippen molar-refractivity contribution in [3.05, 3.63) is 35.5 Å². The van der Waals surface area contributed by atoms with Crippen LogP contribution in [0.15, 0.2) is 22.7 Å². The summed E-state index contributed by atoms with van der Waals surface area (Å²) in [7, 11) is -3.73. The summed E-state index contributed by atoms with van der Waals surface area (Å²) in [6.45, 7) is -0.348. The number of nitrogens with zero attached hydrogens (tertiary/aromatic N) is 2. The number of alkyl halides is 5. The van der Waals surface area contributed by atoms with Gasteiger partial charge >= 0.3 is 12.1 Å². The number of halogens is 6. The number of nitrogens with one attached hydrogen (secondary N) is 1. The third-order valence-corrected chi connectivity index (χ3v) is 6.19. The molecule has 6 nitrogen and oxygen atoms in total. The third kappa shape index (κ3) is 4.89. The minimum Gasteiger partial charge on any atom is -0.329 e. The minimum absolute atomic E-state index is 0.0133. The Morgan fingerprint density at radius 3 is 2.52 bits per heavy atom.